The van der Waals surface area contributed by atoms with E-state index in [0.29, 0.717) is 33.5 Å². The van der Waals surface area contributed by atoms with Crippen molar-refractivity contribution in [2.24, 2.45) is 0 Å². The fraction of sp³-hybridized carbons (Fsp3) is 0.150. The molecule has 0 spiro atoms. The summed E-state index contributed by atoms with van der Waals surface area (Å²) in [7, 11) is 3.11. The Morgan fingerprint density at radius 2 is 1.86 bits per heavy atom. The Morgan fingerprint density at radius 1 is 1.10 bits per heavy atom. The van der Waals surface area contributed by atoms with Crippen LogP contribution < -0.4 is 25.2 Å². The first kappa shape index (κ1) is 18.8. The van der Waals surface area contributed by atoms with E-state index in [1.54, 1.807) is 50.6 Å². The lowest BCUT2D eigenvalue weighted by Crippen LogP contribution is -2.20. The Kier molecular flexibility index (Phi) is 5.05. The number of methoxy groups -OCH3 is 2. The monoisotopic (exact) mass is 412 g/mol. The minimum atomic E-state index is -0.448. The Balaban J connectivity index is 1.45. The van der Waals surface area contributed by atoms with E-state index in [1.807, 2.05) is 0 Å². The van der Waals surface area contributed by atoms with Gasteiger partial charge in [-0.15, -0.1) is 0 Å². The highest BCUT2D eigenvalue weighted by atomic mass is 32.1. The number of benzene rings is 2. The molecule has 0 atom stereocenters. The number of hydrogen-bond acceptors (Lipinski definition) is 8. The minimum absolute atomic E-state index is 0.217. The van der Waals surface area contributed by atoms with Gasteiger partial charge < -0.3 is 18.6 Å². The van der Waals surface area contributed by atoms with Gasteiger partial charge in [-0.3, -0.25) is 10.1 Å². The van der Waals surface area contributed by atoms with Crippen LogP contribution >= 0.6 is 11.3 Å². The number of fused-ring (bicyclic) bond motifs is 2. The lowest BCUT2D eigenvalue weighted by molar-refractivity contribution is -0.118. The van der Waals surface area contributed by atoms with Crippen LogP contribution in [0.1, 0.15) is 0 Å². The highest BCUT2D eigenvalue weighted by Crippen LogP contribution is 2.36. The number of nitrogens with one attached hydrogen (secondary N) is 1. The summed E-state index contributed by atoms with van der Waals surface area (Å²) in [6.45, 7) is -0.217. The maximum absolute atomic E-state index is 12.2. The molecule has 0 unspecified atom stereocenters. The van der Waals surface area contributed by atoms with E-state index in [4.69, 9.17) is 18.6 Å². The van der Waals surface area contributed by atoms with Gasteiger partial charge in [0.2, 0.25) is 0 Å². The van der Waals surface area contributed by atoms with Crippen LogP contribution in [0.3, 0.4) is 0 Å². The van der Waals surface area contributed by atoms with E-state index in [-0.39, 0.29) is 12.5 Å². The van der Waals surface area contributed by atoms with Crippen molar-refractivity contribution in [1.29, 1.82) is 0 Å². The molecule has 0 saturated heterocycles. The summed E-state index contributed by atoms with van der Waals surface area (Å²) in [5.74, 6) is 1.21. The van der Waals surface area contributed by atoms with Gasteiger partial charge in [0, 0.05) is 29.7 Å². The quantitative estimate of drug-likeness (QED) is 0.484. The van der Waals surface area contributed by atoms with Crippen LogP contribution in [0, 0.1) is 0 Å². The molecule has 2 aromatic carbocycles. The number of carbonyl (C=O) groups excluding carboxylic acids is 1. The largest absolute Gasteiger partial charge is 0.493 e. The van der Waals surface area contributed by atoms with Crippen LogP contribution in [-0.4, -0.2) is 31.7 Å². The zero-order chi connectivity index (χ0) is 20.4. The van der Waals surface area contributed by atoms with Crippen LogP contribution in [0.4, 0.5) is 5.13 Å². The van der Waals surface area contributed by atoms with Gasteiger partial charge >= 0.3 is 5.63 Å². The normalized spacial score (nSPS) is 10.8. The zero-order valence-electron chi connectivity index (χ0n) is 15.6. The molecule has 1 amide bonds. The maximum atomic E-state index is 12.2. The van der Waals surface area contributed by atoms with E-state index >= 15 is 0 Å². The summed E-state index contributed by atoms with van der Waals surface area (Å²) in [6, 6.07) is 11.6. The number of ether oxygens (including phenoxy) is 3. The summed E-state index contributed by atoms with van der Waals surface area (Å²) in [5.41, 5.74) is 0.634. The molecule has 0 aliphatic heterocycles. The average molecular weight is 412 g/mol. The van der Waals surface area contributed by atoms with Gasteiger partial charge in [-0.25, -0.2) is 9.78 Å². The van der Waals surface area contributed by atoms with E-state index in [2.05, 4.69) is 10.3 Å². The molecule has 0 aliphatic rings. The van der Waals surface area contributed by atoms with Gasteiger partial charge in [-0.1, -0.05) is 11.3 Å². The summed E-state index contributed by atoms with van der Waals surface area (Å²) >= 11 is 1.32. The molecule has 4 aromatic rings. The standard InChI is InChI=1S/C20H16N2O6S/c1-25-15-8-13-17(9-16(15)26-2)29-20(21-13)22-18(23)10-27-12-5-3-11-4-6-19(24)28-14(11)7-12/h3-9H,10H2,1-2H3,(H,21,22,23). The third-order valence-corrected chi connectivity index (χ3v) is 5.04. The first-order valence-corrected chi connectivity index (χ1v) is 9.36. The van der Waals surface area contributed by atoms with E-state index in [9.17, 15) is 9.59 Å². The van der Waals surface area contributed by atoms with Crippen LogP contribution in [0.2, 0.25) is 0 Å². The molecule has 9 heteroatoms. The van der Waals surface area contributed by atoms with Gasteiger partial charge in [0.15, 0.2) is 23.2 Å². The SMILES string of the molecule is COc1cc2nc(NC(=O)COc3ccc4ccc(=O)oc4c3)sc2cc1OC. The Morgan fingerprint density at radius 3 is 2.66 bits per heavy atom. The van der Waals surface area contributed by atoms with Crippen molar-refractivity contribution in [3.63, 3.8) is 0 Å². The van der Waals surface area contributed by atoms with E-state index < -0.39 is 5.63 Å². The Hall–Kier alpha value is -3.59. The van der Waals surface area contributed by atoms with Crippen molar-refractivity contribution in [3.8, 4) is 17.2 Å². The summed E-state index contributed by atoms with van der Waals surface area (Å²) < 4.78 is 22.0. The van der Waals surface area contributed by atoms with Crippen LogP contribution in [0.25, 0.3) is 21.2 Å². The van der Waals surface area contributed by atoms with Gasteiger partial charge in [0.25, 0.3) is 5.91 Å². The Bertz CT molecular complexity index is 1220. The lowest BCUT2D eigenvalue weighted by atomic mass is 10.2. The van der Waals surface area contributed by atoms with E-state index in [0.717, 1.165) is 10.1 Å². The molecule has 2 heterocycles. The van der Waals surface area contributed by atoms with Crippen molar-refractivity contribution >= 4 is 43.6 Å². The molecule has 2 aromatic heterocycles. The third-order valence-electron chi connectivity index (χ3n) is 4.10. The number of aromatic nitrogens is 1. The molecule has 0 fully saturated rings. The second kappa shape index (κ2) is 7.80. The number of amides is 1. The highest BCUT2D eigenvalue weighted by molar-refractivity contribution is 7.22. The van der Waals surface area contributed by atoms with Gasteiger partial charge in [-0.2, -0.15) is 0 Å². The molecule has 0 aliphatic carbocycles. The molecule has 4 rings (SSSR count). The average Bonchev–Trinajstić information content (AvgIpc) is 3.11. The second-order valence-corrected chi connectivity index (χ2v) is 7.02. The number of thiazole rings is 1. The molecule has 0 saturated carbocycles. The lowest BCUT2D eigenvalue weighted by Gasteiger charge is -2.06. The van der Waals surface area contributed by atoms with Crippen LogP contribution in [-0.2, 0) is 4.79 Å². The number of carbonyl (C=O) groups is 1. The highest BCUT2D eigenvalue weighted by Gasteiger charge is 2.13. The van der Waals surface area contributed by atoms with E-state index in [1.165, 1.54) is 17.4 Å². The molecule has 8 nitrogen and oxygen atoms in total. The van der Waals surface area contributed by atoms with Crippen molar-refractivity contribution < 1.29 is 23.4 Å². The number of rotatable bonds is 6. The first-order chi connectivity index (χ1) is 14.1. The first-order valence-electron chi connectivity index (χ1n) is 8.55. The fourth-order valence-electron chi connectivity index (χ4n) is 2.74. The van der Waals surface area contributed by atoms with Crippen molar-refractivity contribution in [2.75, 3.05) is 26.1 Å². The molecular formula is C20H16N2O6S. The van der Waals surface area contributed by atoms with Crippen molar-refractivity contribution in [1.82, 2.24) is 4.98 Å². The summed E-state index contributed by atoms with van der Waals surface area (Å²) in [4.78, 5) is 27.9. The second-order valence-electron chi connectivity index (χ2n) is 5.98. The molecular weight excluding hydrogens is 396 g/mol. The maximum Gasteiger partial charge on any atom is 0.336 e. The van der Waals surface area contributed by atoms with Gasteiger partial charge in [0.05, 0.1) is 24.4 Å². The molecule has 0 bridgehead atoms. The molecule has 148 valence electrons. The molecule has 29 heavy (non-hydrogen) atoms. The zero-order valence-corrected chi connectivity index (χ0v) is 16.4. The predicted molar refractivity (Wildman–Crippen MR) is 109 cm³/mol. The van der Waals surface area contributed by atoms with Crippen molar-refractivity contribution in [2.45, 2.75) is 0 Å². The topological polar surface area (TPSA) is 99.9 Å². The predicted octanol–water partition coefficient (Wildman–Crippen LogP) is 3.44. The molecule has 0 radical (unpaired) electrons. The van der Waals surface area contributed by atoms with Crippen LogP contribution in [0.15, 0.2) is 51.7 Å². The summed E-state index contributed by atoms with van der Waals surface area (Å²) in [6.07, 6.45) is 0. The Labute approximate surface area is 168 Å². The smallest absolute Gasteiger partial charge is 0.336 e. The molecule has 1 N–H and O–H groups in total. The van der Waals surface area contributed by atoms with Gasteiger partial charge in [0.1, 0.15) is 11.3 Å². The fourth-order valence-corrected chi connectivity index (χ4v) is 3.64. The number of hydrogen-bond donors (Lipinski definition) is 1. The summed E-state index contributed by atoms with van der Waals surface area (Å²) in [5, 5.41) is 3.92. The minimum Gasteiger partial charge on any atom is -0.493 e. The van der Waals surface area contributed by atoms with Crippen molar-refractivity contribution in [3.05, 3.63) is 52.9 Å². The van der Waals surface area contributed by atoms with Crippen LogP contribution in [0.5, 0.6) is 17.2 Å². The van der Waals surface area contributed by atoms with Gasteiger partial charge in [-0.05, 0) is 18.2 Å². The third kappa shape index (κ3) is 3.99. The number of anilines is 1. The number of nitrogens with zero attached hydrogens (tertiary/aromatic N) is 1.